The molecule has 0 radical (unpaired) electrons. The Kier molecular flexibility index (Phi) is 5.38. The van der Waals surface area contributed by atoms with Crippen molar-refractivity contribution in [3.63, 3.8) is 0 Å². The highest BCUT2D eigenvalue weighted by atomic mass is 16.6. The van der Waals surface area contributed by atoms with E-state index in [4.69, 9.17) is 14.5 Å². The van der Waals surface area contributed by atoms with Gasteiger partial charge in [0.05, 0.1) is 6.10 Å². The lowest BCUT2D eigenvalue weighted by atomic mass is 9.67. The van der Waals surface area contributed by atoms with Crippen LogP contribution in [0.3, 0.4) is 0 Å². The van der Waals surface area contributed by atoms with Crippen molar-refractivity contribution >= 4 is 17.5 Å². The molecule has 0 N–H and O–H groups in total. The number of carbonyl (C=O) groups is 2. The lowest BCUT2D eigenvalue weighted by Crippen LogP contribution is -2.40. The van der Waals surface area contributed by atoms with Crippen molar-refractivity contribution in [3.05, 3.63) is 41.4 Å². The quantitative estimate of drug-likeness (QED) is 0.727. The van der Waals surface area contributed by atoms with E-state index >= 15 is 0 Å². The standard InChI is InChI=1S/C23H28N2O4/c1-14-19(22(27)29-13-16-5-4-10-28-16)20(15-6-8-24-9-7-15)21-17(25-14)11-23(2,3)12-18(21)26/h6-9,16,19-20H,4-5,10-13H2,1-3H3/t16-,19?,20+/m0/s1. The molecule has 154 valence electrons. The maximum atomic E-state index is 13.2. The second-order valence-electron chi connectivity index (χ2n) is 9.06. The zero-order valence-corrected chi connectivity index (χ0v) is 17.3. The van der Waals surface area contributed by atoms with Crippen molar-refractivity contribution in [3.8, 4) is 0 Å². The number of ketones is 1. The van der Waals surface area contributed by atoms with E-state index in [1.165, 1.54) is 0 Å². The molecule has 0 amide bonds. The fourth-order valence-electron chi connectivity index (χ4n) is 4.72. The van der Waals surface area contributed by atoms with Gasteiger partial charge in [0.15, 0.2) is 5.78 Å². The molecule has 6 nitrogen and oxygen atoms in total. The van der Waals surface area contributed by atoms with Gasteiger partial charge in [0.25, 0.3) is 0 Å². The molecule has 1 fully saturated rings. The maximum Gasteiger partial charge on any atom is 0.315 e. The third-order valence-corrected chi connectivity index (χ3v) is 6.06. The molecule has 1 saturated heterocycles. The van der Waals surface area contributed by atoms with E-state index in [0.717, 1.165) is 30.5 Å². The molecule has 1 aromatic rings. The first-order chi connectivity index (χ1) is 13.9. The normalized spacial score (nSPS) is 28.7. The van der Waals surface area contributed by atoms with E-state index in [2.05, 4.69) is 18.8 Å². The first-order valence-electron chi connectivity index (χ1n) is 10.4. The van der Waals surface area contributed by atoms with Crippen LogP contribution in [0.1, 0.15) is 57.9 Å². The summed E-state index contributed by atoms with van der Waals surface area (Å²) in [5.74, 6) is -1.26. The number of aromatic nitrogens is 1. The van der Waals surface area contributed by atoms with Gasteiger partial charge in [-0.25, -0.2) is 0 Å². The number of nitrogens with zero attached hydrogens (tertiary/aromatic N) is 2. The number of hydrogen-bond donors (Lipinski definition) is 0. The Morgan fingerprint density at radius 2 is 2.03 bits per heavy atom. The number of allylic oxidation sites excluding steroid dienone is 2. The van der Waals surface area contributed by atoms with Gasteiger partial charge in [-0.15, -0.1) is 0 Å². The highest BCUT2D eigenvalue weighted by Crippen LogP contribution is 2.47. The molecule has 0 bridgehead atoms. The summed E-state index contributed by atoms with van der Waals surface area (Å²) < 4.78 is 11.2. The number of hydrogen-bond acceptors (Lipinski definition) is 6. The largest absolute Gasteiger partial charge is 0.462 e. The maximum absolute atomic E-state index is 13.2. The van der Waals surface area contributed by atoms with Gasteiger partial charge in [-0.05, 0) is 49.3 Å². The Balaban J connectivity index is 1.69. The molecule has 4 rings (SSSR count). The number of rotatable bonds is 4. The smallest absolute Gasteiger partial charge is 0.315 e. The molecule has 6 heteroatoms. The topological polar surface area (TPSA) is 77.9 Å². The molecule has 3 atom stereocenters. The molecule has 1 unspecified atom stereocenters. The van der Waals surface area contributed by atoms with Gasteiger partial charge in [0.1, 0.15) is 12.5 Å². The molecule has 0 spiro atoms. The number of pyridine rings is 1. The van der Waals surface area contributed by atoms with Gasteiger partial charge in [-0.1, -0.05) is 13.8 Å². The first kappa shape index (κ1) is 20.0. The van der Waals surface area contributed by atoms with Crippen LogP contribution in [0.2, 0.25) is 0 Å². The minimum absolute atomic E-state index is 0.0361. The van der Waals surface area contributed by atoms with Crippen molar-refractivity contribution in [2.24, 2.45) is 16.3 Å². The van der Waals surface area contributed by atoms with Crippen LogP contribution in [0.4, 0.5) is 0 Å². The van der Waals surface area contributed by atoms with Crippen LogP contribution in [0, 0.1) is 11.3 Å². The van der Waals surface area contributed by atoms with Gasteiger partial charge in [-0.2, -0.15) is 0 Å². The lowest BCUT2D eigenvalue weighted by molar-refractivity contribution is -0.149. The molecule has 1 aromatic heterocycles. The summed E-state index contributed by atoms with van der Waals surface area (Å²) in [4.78, 5) is 35.1. The van der Waals surface area contributed by atoms with Crippen molar-refractivity contribution in [2.45, 2.75) is 58.5 Å². The summed E-state index contributed by atoms with van der Waals surface area (Å²) in [6, 6.07) is 3.75. The number of esters is 1. The Hall–Kier alpha value is -2.34. The third kappa shape index (κ3) is 4.04. The van der Waals surface area contributed by atoms with E-state index in [0.29, 0.717) is 24.3 Å². The summed E-state index contributed by atoms with van der Waals surface area (Å²) in [5.41, 5.74) is 2.95. The summed E-state index contributed by atoms with van der Waals surface area (Å²) in [5, 5.41) is 0. The molecule has 3 aliphatic rings. The van der Waals surface area contributed by atoms with Gasteiger partial charge in [0.2, 0.25) is 0 Å². The van der Waals surface area contributed by atoms with Crippen LogP contribution < -0.4 is 0 Å². The van der Waals surface area contributed by atoms with Crippen molar-refractivity contribution < 1.29 is 19.1 Å². The Labute approximate surface area is 171 Å². The minimum atomic E-state index is -0.609. The third-order valence-electron chi connectivity index (χ3n) is 6.06. The molecule has 1 aliphatic carbocycles. The second-order valence-corrected chi connectivity index (χ2v) is 9.06. The number of ether oxygens (including phenoxy) is 2. The van der Waals surface area contributed by atoms with Crippen LogP contribution >= 0.6 is 0 Å². The molecule has 3 heterocycles. The Morgan fingerprint density at radius 3 is 2.72 bits per heavy atom. The average molecular weight is 396 g/mol. The summed E-state index contributed by atoms with van der Waals surface area (Å²) in [6.45, 7) is 7.00. The summed E-state index contributed by atoms with van der Waals surface area (Å²) >= 11 is 0. The number of carbonyl (C=O) groups excluding carboxylic acids is 2. The van der Waals surface area contributed by atoms with Crippen LogP contribution in [0.5, 0.6) is 0 Å². The van der Waals surface area contributed by atoms with E-state index in [-0.39, 0.29) is 35.8 Å². The zero-order chi connectivity index (χ0) is 20.6. The Morgan fingerprint density at radius 1 is 1.28 bits per heavy atom. The van der Waals surface area contributed by atoms with Crippen LogP contribution in [-0.2, 0) is 19.1 Å². The van der Waals surface area contributed by atoms with E-state index in [1.54, 1.807) is 12.4 Å². The van der Waals surface area contributed by atoms with E-state index in [1.807, 2.05) is 19.1 Å². The van der Waals surface area contributed by atoms with Gasteiger partial charge in [-0.3, -0.25) is 19.6 Å². The van der Waals surface area contributed by atoms with Gasteiger partial charge >= 0.3 is 5.97 Å². The van der Waals surface area contributed by atoms with E-state index < -0.39 is 5.92 Å². The van der Waals surface area contributed by atoms with Crippen molar-refractivity contribution in [2.75, 3.05) is 13.2 Å². The predicted molar refractivity (Wildman–Crippen MR) is 109 cm³/mol. The molecular formula is C23H28N2O4. The highest BCUT2D eigenvalue weighted by molar-refractivity contribution is 6.09. The highest BCUT2D eigenvalue weighted by Gasteiger charge is 2.46. The molecule has 29 heavy (non-hydrogen) atoms. The fraction of sp³-hybridized carbons (Fsp3) is 0.565. The SMILES string of the molecule is CC1=NC2=C(C(=O)CC(C)(C)C2)[C@H](c2ccncc2)C1C(=O)OC[C@@H]1CCCO1. The second kappa shape index (κ2) is 7.82. The van der Waals surface area contributed by atoms with E-state index in [9.17, 15) is 9.59 Å². The lowest BCUT2D eigenvalue weighted by Gasteiger charge is -2.39. The summed E-state index contributed by atoms with van der Waals surface area (Å²) in [6.07, 6.45) is 6.44. The zero-order valence-electron chi connectivity index (χ0n) is 17.3. The number of Topliss-reactive ketones (excluding diaryl/α,β-unsaturated/α-hetero) is 1. The average Bonchev–Trinajstić information content (AvgIpc) is 3.18. The van der Waals surface area contributed by atoms with Crippen LogP contribution in [-0.4, -0.2) is 41.8 Å². The molecular weight excluding hydrogens is 368 g/mol. The number of aliphatic imine (C=N–C) groups is 1. The van der Waals surface area contributed by atoms with Crippen molar-refractivity contribution in [1.82, 2.24) is 4.98 Å². The monoisotopic (exact) mass is 396 g/mol. The predicted octanol–water partition coefficient (Wildman–Crippen LogP) is 3.62. The fourth-order valence-corrected chi connectivity index (χ4v) is 4.72. The summed E-state index contributed by atoms with van der Waals surface area (Å²) in [7, 11) is 0. The first-order valence-corrected chi connectivity index (χ1v) is 10.4. The van der Waals surface area contributed by atoms with Crippen LogP contribution in [0.25, 0.3) is 0 Å². The molecule has 0 saturated carbocycles. The Bertz CT molecular complexity index is 866. The van der Waals surface area contributed by atoms with Gasteiger partial charge < -0.3 is 9.47 Å². The van der Waals surface area contributed by atoms with Gasteiger partial charge in [0, 0.05) is 48.3 Å². The molecule has 0 aromatic carbocycles. The minimum Gasteiger partial charge on any atom is -0.462 e. The van der Waals surface area contributed by atoms with Crippen LogP contribution in [0.15, 0.2) is 40.8 Å². The van der Waals surface area contributed by atoms with Crippen molar-refractivity contribution in [1.29, 1.82) is 0 Å². The molecule has 2 aliphatic heterocycles.